The number of nitrogens with zero attached hydrogens (tertiary/aromatic N) is 5. The van der Waals surface area contributed by atoms with E-state index in [2.05, 4.69) is 63.9 Å². The van der Waals surface area contributed by atoms with Gasteiger partial charge in [-0.3, -0.25) is 0 Å². The van der Waals surface area contributed by atoms with Crippen LogP contribution in [-0.4, -0.2) is 56.1 Å². The molecule has 6 nitrogen and oxygen atoms in total. The fraction of sp³-hybridized carbons (Fsp3) is 0.444. The maximum atomic E-state index is 6.22. The lowest BCUT2D eigenvalue weighted by Crippen LogP contribution is -2.51. The van der Waals surface area contributed by atoms with Crippen molar-refractivity contribution >= 4 is 28.1 Å². The number of aliphatic imine (C=N–C) groups is 1. The summed E-state index contributed by atoms with van der Waals surface area (Å²) in [6, 6.07) is 6.45. The Morgan fingerprint density at radius 2 is 2.04 bits per heavy atom. The molecule has 0 saturated carbocycles. The van der Waals surface area contributed by atoms with Crippen LogP contribution in [0, 0.1) is 6.92 Å². The second-order valence-corrected chi connectivity index (χ2v) is 7.34. The SMILES string of the molecule is Cc1cc(N(C)C)ccc1CN=C(N)N1CCN(c2nccs2)CC1. The number of thiazole rings is 1. The summed E-state index contributed by atoms with van der Waals surface area (Å²) in [7, 11) is 4.10. The first-order chi connectivity index (χ1) is 12.0. The van der Waals surface area contributed by atoms with Gasteiger partial charge in [-0.05, 0) is 30.2 Å². The molecular weight excluding hydrogens is 332 g/mol. The summed E-state index contributed by atoms with van der Waals surface area (Å²) in [5.74, 6) is 0.634. The highest BCUT2D eigenvalue weighted by atomic mass is 32.1. The average Bonchev–Trinajstić information content (AvgIpc) is 3.15. The zero-order chi connectivity index (χ0) is 17.8. The van der Waals surface area contributed by atoms with E-state index < -0.39 is 0 Å². The lowest BCUT2D eigenvalue weighted by Gasteiger charge is -2.35. The molecule has 25 heavy (non-hydrogen) atoms. The van der Waals surface area contributed by atoms with Gasteiger partial charge in [-0.25, -0.2) is 9.98 Å². The van der Waals surface area contributed by atoms with Crippen molar-refractivity contribution in [2.75, 3.05) is 50.1 Å². The fourth-order valence-corrected chi connectivity index (χ4v) is 3.60. The molecule has 1 aromatic heterocycles. The molecule has 1 aliphatic rings. The molecule has 1 fully saturated rings. The van der Waals surface area contributed by atoms with Crippen LogP contribution in [0.4, 0.5) is 10.8 Å². The molecule has 0 unspecified atom stereocenters. The quantitative estimate of drug-likeness (QED) is 0.670. The molecule has 1 saturated heterocycles. The molecule has 2 aromatic rings. The van der Waals surface area contributed by atoms with Gasteiger partial charge in [-0.15, -0.1) is 11.3 Å². The largest absolute Gasteiger partial charge is 0.378 e. The van der Waals surface area contributed by atoms with E-state index in [1.807, 2.05) is 11.6 Å². The van der Waals surface area contributed by atoms with E-state index >= 15 is 0 Å². The molecular formula is C18H26N6S. The monoisotopic (exact) mass is 358 g/mol. The van der Waals surface area contributed by atoms with Crippen LogP contribution in [0.15, 0.2) is 34.8 Å². The molecule has 2 N–H and O–H groups in total. The number of rotatable bonds is 4. The first-order valence-corrected chi connectivity index (χ1v) is 9.38. The fourth-order valence-electron chi connectivity index (χ4n) is 2.90. The zero-order valence-corrected chi connectivity index (χ0v) is 16.0. The molecule has 2 heterocycles. The zero-order valence-electron chi connectivity index (χ0n) is 15.1. The van der Waals surface area contributed by atoms with Crippen LogP contribution in [0.2, 0.25) is 0 Å². The van der Waals surface area contributed by atoms with Gasteiger partial charge >= 0.3 is 0 Å². The number of aryl methyl sites for hydroxylation is 1. The van der Waals surface area contributed by atoms with Gasteiger partial charge in [0.05, 0.1) is 6.54 Å². The smallest absolute Gasteiger partial charge is 0.191 e. The van der Waals surface area contributed by atoms with Crippen LogP contribution < -0.4 is 15.5 Å². The first-order valence-electron chi connectivity index (χ1n) is 8.51. The molecule has 3 rings (SSSR count). The molecule has 7 heteroatoms. The third kappa shape index (κ3) is 4.22. The molecule has 0 radical (unpaired) electrons. The van der Waals surface area contributed by atoms with Crippen LogP contribution in [0.3, 0.4) is 0 Å². The number of hydrogen-bond donors (Lipinski definition) is 1. The van der Waals surface area contributed by atoms with E-state index in [0.717, 1.165) is 31.3 Å². The van der Waals surface area contributed by atoms with Gasteiger partial charge in [0.25, 0.3) is 0 Å². The Balaban J connectivity index is 1.57. The van der Waals surface area contributed by atoms with Crippen molar-refractivity contribution in [2.45, 2.75) is 13.5 Å². The van der Waals surface area contributed by atoms with Crippen LogP contribution in [0.1, 0.15) is 11.1 Å². The number of guanidine groups is 1. The number of benzene rings is 1. The first kappa shape index (κ1) is 17.5. The maximum absolute atomic E-state index is 6.22. The van der Waals surface area contributed by atoms with E-state index in [1.54, 1.807) is 11.3 Å². The minimum absolute atomic E-state index is 0.623. The Morgan fingerprint density at radius 3 is 2.64 bits per heavy atom. The molecule has 1 aromatic carbocycles. The highest BCUT2D eigenvalue weighted by Gasteiger charge is 2.19. The highest BCUT2D eigenvalue weighted by molar-refractivity contribution is 7.13. The van der Waals surface area contributed by atoms with Gasteiger partial charge in [0.2, 0.25) is 0 Å². The third-order valence-corrected chi connectivity index (χ3v) is 5.38. The summed E-state index contributed by atoms with van der Waals surface area (Å²) in [4.78, 5) is 15.6. The predicted molar refractivity (Wildman–Crippen MR) is 107 cm³/mol. The topological polar surface area (TPSA) is 61.0 Å². The van der Waals surface area contributed by atoms with Crippen molar-refractivity contribution in [1.29, 1.82) is 0 Å². The summed E-state index contributed by atoms with van der Waals surface area (Å²) in [6.07, 6.45) is 1.85. The molecule has 0 amide bonds. The number of nitrogens with two attached hydrogens (primary N) is 1. The Bertz CT molecular complexity index is 717. The van der Waals surface area contributed by atoms with Crippen molar-refractivity contribution in [3.63, 3.8) is 0 Å². The molecule has 0 atom stereocenters. The number of anilines is 2. The van der Waals surface area contributed by atoms with Crippen molar-refractivity contribution in [2.24, 2.45) is 10.7 Å². The van der Waals surface area contributed by atoms with E-state index in [0.29, 0.717) is 12.5 Å². The third-order valence-electron chi connectivity index (χ3n) is 4.55. The molecule has 0 bridgehead atoms. The maximum Gasteiger partial charge on any atom is 0.191 e. The van der Waals surface area contributed by atoms with Crippen LogP contribution in [0.25, 0.3) is 0 Å². The van der Waals surface area contributed by atoms with Gasteiger partial charge in [-0.2, -0.15) is 0 Å². The van der Waals surface area contributed by atoms with E-state index in [4.69, 9.17) is 5.73 Å². The van der Waals surface area contributed by atoms with Gasteiger partial charge in [0.1, 0.15) is 0 Å². The van der Waals surface area contributed by atoms with Crippen molar-refractivity contribution in [3.8, 4) is 0 Å². The second-order valence-electron chi connectivity index (χ2n) is 6.47. The van der Waals surface area contributed by atoms with Gasteiger partial charge in [0.15, 0.2) is 11.1 Å². The van der Waals surface area contributed by atoms with Gasteiger partial charge < -0.3 is 20.4 Å². The lowest BCUT2D eigenvalue weighted by atomic mass is 10.1. The van der Waals surface area contributed by atoms with Crippen molar-refractivity contribution in [1.82, 2.24) is 9.88 Å². The normalized spacial score (nSPS) is 15.6. The lowest BCUT2D eigenvalue weighted by molar-refractivity contribution is 0.380. The second kappa shape index (κ2) is 7.74. The molecule has 134 valence electrons. The van der Waals surface area contributed by atoms with Gasteiger partial charge in [-0.1, -0.05) is 6.07 Å². The molecule has 0 spiro atoms. The Kier molecular flexibility index (Phi) is 5.43. The average molecular weight is 359 g/mol. The van der Waals surface area contributed by atoms with E-state index in [-0.39, 0.29) is 0 Å². The number of piperazine rings is 1. The standard InChI is InChI=1S/C18H26N6S/c1-14-12-16(22(2)3)5-4-15(14)13-21-17(19)23-7-9-24(10-8-23)18-20-6-11-25-18/h4-6,11-12H,7-10,13H2,1-3H3,(H2,19,21). The predicted octanol–water partition coefficient (Wildman–Crippen LogP) is 2.15. The summed E-state index contributed by atoms with van der Waals surface area (Å²) < 4.78 is 0. The highest BCUT2D eigenvalue weighted by Crippen LogP contribution is 2.20. The Morgan fingerprint density at radius 1 is 1.28 bits per heavy atom. The van der Waals surface area contributed by atoms with Gasteiger partial charge in [0, 0.05) is 57.5 Å². The van der Waals surface area contributed by atoms with Crippen LogP contribution in [0.5, 0.6) is 0 Å². The van der Waals surface area contributed by atoms with Crippen LogP contribution >= 0.6 is 11.3 Å². The van der Waals surface area contributed by atoms with E-state index in [9.17, 15) is 0 Å². The van der Waals surface area contributed by atoms with Crippen LogP contribution in [-0.2, 0) is 6.54 Å². The van der Waals surface area contributed by atoms with Crippen molar-refractivity contribution in [3.05, 3.63) is 40.9 Å². The minimum Gasteiger partial charge on any atom is -0.378 e. The Hall–Kier alpha value is -2.28. The number of hydrogen-bond acceptors (Lipinski definition) is 5. The molecule has 0 aliphatic carbocycles. The summed E-state index contributed by atoms with van der Waals surface area (Å²) in [5, 5.41) is 3.10. The summed E-state index contributed by atoms with van der Waals surface area (Å²) in [5.41, 5.74) is 9.89. The summed E-state index contributed by atoms with van der Waals surface area (Å²) in [6.45, 7) is 6.38. The minimum atomic E-state index is 0.623. The summed E-state index contributed by atoms with van der Waals surface area (Å²) >= 11 is 1.68. The number of aromatic nitrogens is 1. The molecule has 1 aliphatic heterocycles. The Labute approximate surface area is 153 Å². The van der Waals surface area contributed by atoms with E-state index in [1.165, 1.54) is 16.8 Å². The van der Waals surface area contributed by atoms with Crippen molar-refractivity contribution < 1.29 is 0 Å².